The Labute approximate surface area is 150 Å². The molecule has 1 heterocycles. The fraction of sp³-hybridized carbons (Fsp3) is 0.250. The molecule has 6 nitrogen and oxygen atoms in total. The molecule has 26 heavy (non-hydrogen) atoms. The smallest absolute Gasteiger partial charge is 0.410 e. The second-order valence-electron chi connectivity index (χ2n) is 6.68. The van der Waals surface area contributed by atoms with E-state index in [1.165, 1.54) is 35.4 Å². The number of hydrogen-bond acceptors (Lipinski definition) is 4. The van der Waals surface area contributed by atoms with Gasteiger partial charge in [-0.2, -0.15) is 0 Å². The van der Waals surface area contributed by atoms with E-state index < -0.39 is 11.0 Å². The zero-order valence-electron chi connectivity index (χ0n) is 14.1. The van der Waals surface area contributed by atoms with Crippen molar-refractivity contribution in [2.24, 2.45) is 0 Å². The Morgan fingerprint density at radius 3 is 2.46 bits per heavy atom. The number of carbonyl (C=O) groups excluding carboxylic acids is 1. The van der Waals surface area contributed by atoms with Crippen molar-refractivity contribution in [3.05, 3.63) is 75.8 Å². The maximum atomic E-state index is 12.4. The lowest BCUT2D eigenvalue weighted by Crippen LogP contribution is -2.45. The molecule has 0 N–H and O–H groups in total. The van der Waals surface area contributed by atoms with Crippen molar-refractivity contribution in [3.63, 3.8) is 0 Å². The van der Waals surface area contributed by atoms with E-state index in [-0.39, 0.29) is 11.1 Å². The van der Waals surface area contributed by atoms with Gasteiger partial charge in [0.05, 0.1) is 4.92 Å². The van der Waals surface area contributed by atoms with Crippen LogP contribution in [-0.4, -0.2) is 29.0 Å². The zero-order chi connectivity index (χ0) is 18.1. The van der Waals surface area contributed by atoms with Crippen LogP contribution in [-0.2, 0) is 5.41 Å². The van der Waals surface area contributed by atoms with E-state index in [0.717, 1.165) is 12.8 Å². The van der Waals surface area contributed by atoms with E-state index in [0.29, 0.717) is 18.8 Å². The summed E-state index contributed by atoms with van der Waals surface area (Å²) in [4.78, 5) is 24.3. The minimum Gasteiger partial charge on any atom is -0.410 e. The molecule has 1 spiro atoms. The summed E-state index contributed by atoms with van der Waals surface area (Å²) in [6.45, 7) is 1.23. The first kappa shape index (κ1) is 16.3. The fourth-order valence-electron chi connectivity index (χ4n) is 3.76. The van der Waals surface area contributed by atoms with Crippen LogP contribution in [0.2, 0.25) is 0 Å². The monoisotopic (exact) mass is 350 g/mol. The van der Waals surface area contributed by atoms with Gasteiger partial charge >= 0.3 is 6.09 Å². The molecule has 2 aliphatic rings. The second kappa shape index (κ2) is 6.29. The number of nitro benzene ring substituents is 1. The van der Waals surface area contributed by atoms with Crippen LogP contribution in [0.1, 0.15) is 24.0 Å². The maximum absolute atomic E-state index is 12.4. The molecule has 0 atom stereocenters. The predicted molar refractivity (Wildman–Crippen MR) is 97.1 cm³/mol. The summed E-state index contributed by atoms with van der Waals surface area (Å²) >= 11 is 0. The number of non-ortho nitro benzene ring substituents is 1. The number of amides is 1. The summed E-state index contributed by atoms with van der Waals surface area (Å²) < 4.78 is 5.36. The zero-order valence-corrected chi connectivity index (χ0v) is 14.1. The van der Waals surface area contributed by atoms with Gasteiger partial charge in [0.15, 0.2) is 0 Å². The molecule has 1 aliphatic heterocycles. The molecule has 1 fully saturated rings. The Kier molecular flexibility index (Phi) is 3.95. The van der Waals surface area contributed by atoms with Crippen molar-refractivity contribution in [1.29, 1.82) is 0 Å². The van der Waals surface area contributed by atoms with Crippen molar-refractivity contribution in [3.8, 4) is 5.75 Å². The number of nitro groups is 1. The van der Waals surface area contributed by atoms with E-state index in [1.54, 1.807) is 4.90 Å². The Hall–Kier alpha value is -3.15. The van der Waals surface area contributed by atoms with E-state index >= 15 is 0 Å². The highest BCUT2D eigenvalue weighted by Crippen LogP contribution is 2.43. The first-order valence-electron chi connectivity index (χ1n) is 8.57. The number of fused-ring (bicyclic) bond motifs is 2. The van der Waals surface area contributed by atoms with Gasteiger partial charge in [0.2, 0.25) is 0 Å². The first-order valence-corrected chi connectivity index (χ1v) is 8.57. The number of ether oxygens (including phenoxy) is 1. The largest absolute Gasteiger partial charge is 0.415 e. The number of piperidine rings is 1. The number of benzene rings is 2. The van der Waals surface area contributed by atoms with Crippen molar-refractivity contribution in [1.82, 2.24) is 4.90 Å². The SMILES string of the molecule is O=C(Oc1ccc([N+](=O)[O-])cc1)N1CCC2(C=Cc3ccccc32)CC1. The van der Waals surface area contributed by atoms with Crippen LogP contribution in [0.5, 0.6) is 5.75 Å². The molecule has 132 valence electrons. The molecule has 6 heteroatoms. The van der Waals surface area contributed by atoms with E-state index in [2.05, 4.69) is 30.4 Å². The first-order chi connectivity index (χ1) is 12.6. The summed E-state index contributed by atoms with van der Waals surface area (Å²) in [6.07, 6.45) is 5.73. The third-order valence-electron chi connectivity index (χ3n) is 5.25. The quantitative estimate of drug-likeness (QED) is 0.602. The van der Waals surface area contributed by atoms with Crippen LogP contribution < -0.4 is 4.74 Å². The van der Waals surface area contributed by atoms with Crippen molar-refractivity contribution >= 4 is 17.9 Å². The van der Waals surface area contributed by atoms with Gasteiger partial charge in [-0.15, -0.1) is 0 Å². The van der Waals surface area contributed by atoms with Crippen LogP contribution in [0, 0.1) is 10.1 Å². The Balaban J connectivity index is 1.40. The normalized spacial score (nSPS) is 17.2. The average Bonchev–Trinajstić information content (AvgIpc) is 3.01. The topological polar surface area (TPSA) is 72.7 Å². The summed E-state index contributed by atoms with van der Waals surface area (Å²) in [7, 11) is 0. The standard InChI is InChI=1S/C20H18N2O4/c23-19(26-17-7-5-16(6-8-17)22(24)25)21-13-11-20(12-14-21)10-9-15-3-1-2-4-18(15)20/h1-10H,11-14H2. The number of hydrogen-bond donors (Lipinski definition) is 0. The summed E-state index contributed by atoms with van der Waals surface area (Å²) in [6, 6.07) is 13.9. The number of carbonyl (C=O) groups is 1. The number of allylic oxidation sites excluding steroid dienone is 1. The Morgan fingerprint density at radius 2 is 1.77 bits per heavy atom. The highest BCUT2D eigenvalue weighted by atomic mass is 16.6. The van der Waals surface area contributed by atoms with Gasteiger partial charge in [0.1, 0.15) is 5.75 Å². The lowest BCUT2D eigenvalue weighted by Gasteiger charge is -2.38. The van der Waals surface area contributed by atoms with E-state index in [4.69, 9.17) is 4.74 Å². The molecule has 0 bridgehead atoms. The molecule has 1 aliphatic carbocycles. The van der Waals surface area contributed by atoms with E-state index in [1.807, 2.05) is 6.07 Å². The fourth-order valence-corrected chi connectivity index (χ4v) is 3.76. The van der Waals surface area contributed by atoms with Crippen LogP contribution in [0.3, 0.4) is 0 Å². The van der Waals surface area contributed by atoms with Crippen molar-refractivity contribution in [2.45, 2.75) is 18.3 Å². The predicted octanol–water partition coefficient (Wildman–Crippen LogP) is 4.15. The molecule has 0 unspecified atom stereocenters. The third-order valence-corrected chi connectivity index (χ3v) is 5.25. The minimum atomic E-state index is -0.483. The summed E-state index contributed by atoms with van der Waals surface area (Å²) in [5, 5.41) is 10.7. The average molecular weight is 350 g/mol. The van der Waals surface area contributed by atoms with Gasteiger partial charge < -0.3 is 9.64 Å². The third kappa shape index (κ3) is 2.83. The van der Waals surface area contributed by atoms with Gasteiger partial charge in [-0.05, 0) is 36.1 Å². The van der Waals surface area contributed by atoms with Crippen LogP contribution in [0.15, 0.2) is 54.6 Å². The molecule has 0 aromatic heterocycles. The van der Waals surface area contributed by atoms with Gasteiger partial charge in [-0.25, -0.2) is 4.79 Å². The van der Waals surface area contributed by atoms with Crippen LogP contribution >= 0.6 is 0 Å². The van der Waals surface area contributed by atoms with Gasteiger partial charge in [0.25, 0.3) is 5.69 Å². The molecule has 2 aromatic rings. The molecule has 0 saturated carbocycles. The Morgan fingerprint density at radius 1 is 1.08 bits per heavy atom. The Bertz CT molecular complexity index is 881. The highest BCUT2D eigenvalue weighted by molar-refractivity contribution is 5.71. The number of rotatable bonds is 2. The second-order valence-corrected chi connectivity index (χ2v) is 6.68. The van der Waals surface area contributed by atoms with Crippen LogP contribution in [0.25, 0.3) is 6.08 Å². The lowest BCUT2D eigenvalue weighted by atomic mass is 9.74. The molecule has 1 amide bonds. The number of nitrogens with zero attached hydrogens (tertiary/aromatic N) is 2. The van der Waals surface area contributed by atoms with Crippen LogP contribution in [0.4, 0.5) is 10.5 Å². The van der Waals surface area contributed by atoms with Gasteiger partial charge in [-0.3, -0.25) is 10.1 Å². The summed E-state index contributed by atoms with van der Waals surface area (Å²) in [5.74, 6) is 0.312. The summed E-state index contributed by atoms with van der Waals surface area (Å²) in [5.41, 5.74) is 2.58. The molecule has 4 rings (SSSR count). The molecule has 0 radical (unpaired) electrons. The molecular formula is C20H18N2O4. The molecule has 1 saturated heterocycles. The lowest BCUT2D eigenvalue weighted by molar-refractivity contribution is -0.384. The van der Waals surface area contributed by atoms with Gasteiger partial charge in [-0.1, -0.05) is 36.4 Å². The molecule has 2 aromatic carbocycles. The van der Waals surface area contributed by atoms with E-state index in [9.17, 15) is 14.9 Å². The van der Waals surface area contributed by atoms with Gasteiger partial charge in [0, 0.05) is 30.6 Å². The van der Waals surface area contributed by atoms with Crippen molar-refractivity contribution < 1.29 is 14.5 Å². The maximum Gasteiger partial charge on any atom is 0.415 e. The number of likely N-dealkylation sites (tertiary alicyclic amines) is 1. The highest BCUT2D eigenvalue weighted by Gasteiger charge is 2.39. The molecular weight excluding hydrogens is 332 g/mol. The van der Waals surface area contributed by atoms with Crippen molar-refractivity contribution in [2.75, 3.05) is 13.1 Å². The minimum absolute atomic E-state index is 0.0146.